The van der Waals surface area contributed by atoms with Gasteiger partial charge in [-0.1, -0.05) is 24.3 Å². The molecule has 2 aliphatic heterocycles. The van der Waals surface area contributed by atoms with Gasteiger partial charge in [-0.05, 0) is 44.0 Å². The van der Waals surface area contributed by atoms with Crippen LogP contribution in [0.5, 0.6) is 0 Å². The second-order valence-corrected chi connectivity index (χ2v) is 7.45. The van der Waals surface area contributed by atoms with E-state index in [0.29, 0.717) is 19.8 Å². The van der Waals surface area contributed by atoms with E-state index in [4.69, 9.17) is 9.47 Å². The zero-order valence-corrected chi connectivity index (χ0v) is 15.7. The van der Waals surface area contributed by atoms with Crippen LogP contribution in [0.25, 0.3) is 0 Å². The highest BCUT2D eigenvalue weighted by Crippen LogP contribution is 2.51. The van der Waals surface area contributed by atoms with Gasteiger partial charge >= 0.3 is 6.09 Å². The molecule has 2 N–H and O–H groups in total. The summed E-state index contributed by atoms with van der Waals surface area (Å²) in [6.45, 7) is 5.30. The maximum absolute atomic E-state index is 12.7. The van der Waals surface area contributed by atoms with Crippen LogP contribution >= 0.6 is 0 Å². The zero-order chi connectivity index (χ0) is 18.9. The van der Waals surface area contributed by atoms with Crippen LogP contribution in [0.3, 0.4) is 0 Å². The van der Waals surface area contributed by atoms with E-state index in [1.165, 1.54) is 10.5 Å². The number of fused-ring (bicyclic) bond motifs is 2. The Balaban J connectivity index is 1.60. The van der Waals surface area contributed by atoms with Gasteiger partial charge < -0.3 is 20.1 Å². The van der Waals surface area contributed by atoms with Gasteiger partial charge in [0.1, 0.15) is 13.2 Å². The van der Waals surface area contributed by atoms with Crippen molar-refractivity contribution in [3.63, 3.8) is 0 Å². The Morgan fingerprint density at radius 1 is 1.37 bits per heavy atom. The molecule has 7 nitrogen and oxygen atoms in total. The number of carbonyl (C=O) groups excluding carboxylic acids is 2. The topological polar surface area (TPSA) is 79.9 Å². The number of nitrogens with zero attached hydrogens (tertiary/aromatic N) is 1. The van der Waals surface area contributed by atoms with Gasteiger partial charge in [0.05, 0.1) is 18.7 Å². The van der Waals surface area contributed by atoms with Gasteiger partial charge in [-0.25, -0.2) is 4.79 Å². The molecule has 0 bridgehead atoms. The molecule has 2 saturated heterocycles. The van der Waals surface area contributed by atoms with Crippen molar-refractivity contribution in [1.29, 1.82) is 0 Å². The lowest BCUT2D eigenvalue weighted by molar-refractivity contribution is -0.124. The van der Waals surface area contributed by atoms with Crippen LogP contribution in [0.2, 0.25) is 0 Å². The third kappa shape index (κ3) is 3.19. The number of carbonyl (C=O) groups is 2. The van der Waals surface area contributed by atoms with Gasteiger partial charge in [0.25, 0.3) is 0 Å². The molecule has 0 saturated carbocycles. The van der Waals surface area contributed by atoms with E-state index in [-0.39, 0.29) is 30.0 Å². The maximum atomic E-state index is 12.7. The van der Waals surface area contributed by atoms with Crippen molar-refractivity contribution in [3.8, 4) is 0 Å². The van der Waals surface area contributed by atoms with Crippen LogP contribution in [0.1, 0.15) is 36.9 Å². The number of amides is 2. The molecular formula is C20H27N3O4. The molecule has 1 aliphatic carbocycles. The standard InChI is InChI=1S/C20H27N3O4/c1-2-26-18-17(22-16(24)13-23-11-12-27-19(23)25)14-5-3-4-6-15(14)20(18)7-9-21-10-8-20/h3-6,17-18,21H,2,7-13H2,1H3,(H,22,24). The van der Waals surface area contributed by atoms with Crippen LogP contribution in [0.15, 0.2) is 24.3 Å². The molecule has 0 radical (unpaired) electrons. The fourth-order valence-electron chi connectivity index (χ4n) is 4.83. The zero-order valence-electron chi connectivity index (χ0n) is 15.7. The molecule has 27 heavy (non-hydrogen) atoms. The number of benzene rings is 1. The lowest BCUT2D eigenvalue weighted by Gasteiger charge is -2.41. The van der Waals surface area contributed by atoms with Crippen LogP contribution in [0.4, 0.5) is 4.79 Å². The molecule has 4 rings (SSSR count). The minimum atomic E-state index is -0.423. The van der Waals surface area contributed by atoms with Crippen LogP contribution in [-0.4, -0.2) is 62.4 Å². The first kappa shape index (κ1) is 18.3. The second kappa shape index (κ2) is 7.48. The summed E-state index contributed by atoms with van der Waals surface area (Å²) in [5, 5.41) is 6.59. The molecule has 2 amide bonds. The minimum absolute atomic E-state index is 0.0188. The quantitative estimate of drug-likeness (QED) is 0.814. The lowest BCUT2D eigenvalue weighted by atomic mass is 9.72. The first-order chi connectivity index (χ1) is 13.2. The molecule has 1 spiro atoms. The molecule has 2 unspecified atom stereocenters. The summed E-state index contributed by atoms with van der Waals surface area (Å²) < 4.78 is 11.2. The summed E-state index contributed by atoms with van der Waals surface area (Å²) in [4.78, 5) is 25.8. The Kier molecular flexibility index (Phi) is 5.06. The van der Waals surface area contributed by atoms with E-state index in [9.17, 15) is 9.59 Å². The van der Waals surface area contributed by atoms with Crippen molar-refractivity contribution in [2.45, 2.75) is 37.3 Å². The monoisotopic (exact) mass is 373 g/mol. The highest BCUT2D eigenvalue weighted by atomic mass is 16.6. The van der Waals surface area contributed by atoms with Gasteiger partial charge in [-0.3, -0.25) is 9.69 Å². The third-order valence-corrected chi connectivity index (χ3v) is 6.02. The molecule has 3 aliphatic rings. The van der Waals surface area contributed by atoms with Crippen LogP contribution < -0.4 is 10.6 Å². The average Bonchev–Trinajstić information content (AvgIpc) is 3.18. The first-order valence-corrected chi connectivity index (χ1v) is 9.78. The fraction of sp³-hybridized carbons (Fsp3) is 0.600. The van der Waals surface area contributed by atoms with Crippen molar-refractivity contribution in [2.75, 3.05) is 39.4 Å². The Bertz CT molecular complexity index is 717. The Morgan fingerprint density at radius 3 is 2.85 bits per heavy atom. The Hall–Kier alpha value is -2.12. The third-order valence-electron chi connectivity index (χ3n) is 6.02. The van der Waals surface area contributed by atoms with Crippen LogP contribution in [0, 0.1) is 0 Å². The van der Waals surface area contributed by atoms with E-state index < -0.39 is 6.09 Å². The largest absolute Gasteiger partial charge is 0.448 e. The number of rotatable bonds is 5. The van der Waals surface area contributed by atoms with Crippen molar-refractivity contribution in [3.05, 3.63) is 35.4 Å². The highest BCUT2D eigenvalue weighted by molar-refractivity contribution is 5.83. The Labute approximate surface area is 159 Å². The first-order valence-electron chi connectivity index (χ1n) is 9.78. The normalized spacial score (nSPS) is 26.1. The molecule has 2 fully saturated rings. The Morgan fingerprint density at radius 2 is 2.15 bits per heavy atom. The number of cyclic esters (lactones) is 1. The van der Waals surface area contributed by atoms with Gasteiger partial charge in [0.15, 0.2) is 0 Å². The van der Waals surface area contributed by atoms with E-state index in [1.54, 1.807) is 0 Å². The number of ether oxygens (including phenoxy) is 2. The number of hydrogen-bond acceptors (Lipinski definition) is 5. The van der Waals surface area contributed by atoms with Gasteiger partial charge in [0, 0.05) is 12.0 Å². The number of piperidine rings is 1. The van der Waals surface area contributed by atoms with E-state index in [0.717, 1.165) is 31.5 Å². The van der Waals surface area contributed by atoms with Crippen molar-refractivity contribution in [2.24, 2.45) is 0 Å². The summed E-state index contributed by atoms with van der Waals surface area (Å²) in [5.41, 5.74) is 2.34. The van der Waals surface area contributed by atoms with Crippen molar-refractivity contribution < 1.29 is 19.1 Å². The van der Waals surface area contributed by atoms with Crippen molar-refractivity contribution in [1.82, 2.24) is 15.5 Å². The van der Waals surface area contributed by atoms with Crippen molar-refractivity contribution >= 4 is 12.0 Å². The highest BCUT2D eigenvalue weighted by Gasteiger charge is 2.53. The molecule has 0 aromatic heterocycles. The predicted molar refractivity (Wildman–Crippen MR) is 99.4 cm³/mol. The van der Waals surface area contributed by atoms with Gasteiger partial charge in [-0.2, -0.15) is 0 Å². The summed E-state index contributed by atoms with van der Waals surface area (Å²) in [6, 6.07) is 8.14. The summed E-state index contributed by atoms with van der Waals surface area (Å²) in [7, 11) is 0. The van der Waals surface area contributed by atoms with Gasteiger partial charge in [0.2, 0.25) is 5.91 Å². The summed E-state index contributed by atoms with van der Waals surface area (Å²) in [6.07, 6.45) is 1.45. The molecular weight excluding hydrogens is 346 g/mol. The molecule has 146 valence electrons. The predicted octanol–water partition coefficient (Wildman–Crippen LogP) is 1.34. The average molecular weight is 373 g/mol. The second-order valence-electron chi connectivity index (χ2n) is 7.45. The number of hydrogen-bond donors (Lipinski definition) is 2. The van der Waals surface area contributed by atoms with Gasteiger partial charge in [-0.15, -0.1) is 0 Å². The van der Waals surface area contributed by atoms with E-state index in [2.05, 4.69) is 28.8 Å². The lowest BCUT2D eigenvalue weighted by Crippen LogP contribution is -2.50. The molecule has 2 atom stereocenters. The fourth-order valence-corrected chi connectivity index (χ4v) is 4.83. The SMILES string of the molecule is CCOC1C(NC(=O)CN2CCOC2=O)c2ccccc2C12CCNCC2. The van der Waals surface area contributed by atoms with Crippen LogP contribution in [-0.2, 0) is 19.7 Å². The molecule has 7 heteroatoms. The summed E-state index contributed by atoms with van der Waals surface area (Å²) in [5.74, 6) is -0.177. The molecule has 1 aromatic rings. The smallest absolute Gasteiger partial charge is 0.410 e. The minimum Gasteiger partial charge on any atom is -0.448 e. The van der Waals surface area contributed by atoms with E-state index >= 15 is 0 Å². The number of nitrogens with one attached hydrogen (secondary N) is 2. The molecule has 2 heterocycles. The maximum Gasteiger partial charge on any atom is 0.410 e. The van der Waals surface area contributed by atoms with E-state index in [1.807, 2.05) is 13.0 Å². The molecule has 1 aromatic carbocycles. The summed E-state index contributed by atoms with van der Waals surface area (Å²) >= 11 is 0.